The molecule has 6 nitrogen and oxygen atoms in total. The van der Waals surface area contributed by atoms with E-state index in [0.29, 0.717) is 0 Å². The molecule has 6 heteroatoms. The first kappa shape index (κ1) is 11.3. The van der Waals surface area contributed by atoms with Crippen molar-refractivity contribution in [3.63, 3.8) is 0 Å². The highest BCUT2D eigenvalue weighted by molar-refractivity contribution is 4.95. The van der Waals surface area contributed by atoms with Gasteiger partial charge in [-0.3, -0.25) is 0 Å². The van der Waals surface area contributed by atoms with E-state index in [-0.39, 0.29) is 6.54 Å². The molecule has 0 saturated carbocycles. The third kappa shape index (κ3) is 1.89. The van der Waals surface area contributed by atoms with Gasteiger partial charge in [-0.1, -0.05) is 0 Å². The Morgan fingerprint density at radius 2 is 2.07 bits per heavy atom. The number of aliphatic hydroxyl groups excluding tert-OH is 2. The molecule has 0 spiro atoms. The molecule has 88 valence electrons. The summed E-state index contributed by atoms with van der Waals surface area (Å²) < 4.78 is 16.2. The summed E-state index contributed by atoms with van der Waals surface area (Å²) in [4.78, 5) is 0. The van der Waals surface area contributed by atoms with E-state index in [1.165, 1.54) is 0 Å². The molecule has 2 rings (SSSR count). The van der Waals surface area contributed by atoms with E-state index in [2.05, 4.69) is 0 Å². The predicted molar refractivity (Wildman–Crippen MR) is 49.8 cm³/mol. The molecule has 15 heavy (non-hydrogen) atoms. The zero-order valence-corrected chi connectivity index (χ0v) is 8.79. The van der Waals surface area contributed by atoms with Crippen molar-refractivity contribution in [1.29, 1.82) is 0 Å². The van der Waals surface area contributed by atoms with Gasteiger partial charge in [0.15, 0.2) is 12.1 Å². The molecule has 5 atom stereocenters. The van der Waals surface area contributed by atoms with Crippen LogP contribution in [0.15, 0.2) is 0 Å². The second-order valence-corrected chi connectivity index (χ2v) is 4.36. The average molecular weight is 219 g/mol. The van der Waals surface area contributed by atoms with Gasteiger partial charge in [-0.05, 0) is 13.8 Å². The van der Waals surface area contributed by atoms with Gasteiger partial charge in [0.1, 0.15) is 18.3 Å². The van der Waals surface area contributed by atoms with Gasteiger partial charge in [0.05, 0.1) is 6.10 Å². The van der Waals surface area contributed by atoms with Gasteiger partial charge in [0.2, 0.25) is 0 Å². The Hall–Kier alpha value is -0.240. The summed E-state index contributed by atoms with van der Waals surface area (Å²) in [6.45, 7) is 3.52. The zero-order valence-electron chi connectivity index (χ0n) is 8.79. The van der Waals surface area contributed by atoms with Crippen molar-refractivity contribution < 1.29 is 24.4 Å². The van der Waals surface area contributed by atoms with Crippen LogP contribution in [0.1, 0.15) is 13.8 Å². The van der Waals surface area contributed by atoms with Gasteiger partial charge in [0, 0.05) is 6.54 Å². The topological polar surface area (TPSA) is 94.2 Å². The maximum Gasteiger partial charge on any atom is 0.190 e. The number of hydrogen-bond acceptors (Lipinski definition) is 6. The highest BCUT2D eigenvalue weighted by atomic mass is 16.8. The second-order valence-electron chi connectivity index (χ2n) is 4.36. The van der Waals surface area contributed by atoms with E-state index < -0.39 is 36.5 Å². The average Bonchev–Trinajstić information content (AvgIpc) is 2.60. The Morgan fingerprint density at radius 3 is 2.60 bits per heavy atom. The van der Waals surface area contributed by atoms with Gasteiger partial charge < -0.3 is 30.2 Å². The molecule has 0 aliphatic carbocycles. The number of nitrogens with two attached hydrogens (primary N) is 1. The fourth-order valence-electron chi connectivity index (χ4n) is 1.97. The Kier molecular flexibility index (Phi) is 2.74. The van der Waals surface area contributed by atoms with Crippen LogP contribution < -0.4 is 5.73 Å². The quantitative estimate of drug-likeness (QED) is 0.525. The van der Waals surface area contributed by atoms with E-state index in [4.69, 9.17) is 19.9 Å². The van der Waals surface area contributed by atoms with Crippen molar-refractivity contribution in [2.45, 2.75) is 50.3 Å². The van der Waals surface area contributed by atoms with Crippen molar-refractivity contribution >= 4 is 0 Å². The smallest absolute Gasteiger partial charge is 0.190 e. The third-order valence-corrected chi connectivity index (χ3v) is 2.67. The number of rotatable bonds is 2. The molecule has 0 aromatic heterocycles. The largest absolute Gasteiger partial charge is 0.389 e. The molecule has 4 N–H and O–H groups in total. The first-order valence-electron chi connectivity index (χ1n) is 5.02. The highest BCUT2D eigenvalue weighted by Gasteiger charge is 2.55. The summed E-state index contributed by atoms with van der Waals surface area (Å²) in [6, 6.07) is 0. The van der Waals surface area contributed by atoms with Crippen LogP contribution in [0.2, 0.25) is 0 Å². The molecule has 0 unspecified atom stereocenters. The number of hydrogen-bond donors (Lipinski definition) is 3. The highest BCUT2D eigenvalue weighted by Crippen LogP contribution is 2.37. The number of fused-ring (bicyclic) bond motifs is 1. The molecule has 0 aromatic rings. The fraction of sp³-hybridized carbons (Fsp3) is 1.00. The molecule has 2 aliphatic heterocycles. The summed E-state index contributed by atoms with van der Waals surface area (Å²) >= 11 is 0. The van der Waals surface area contributed by atoms with Gasteiger partial charge in [-0.15, -0.1) is 0 Å². The Bertz CT molecular complexity index is 247. The minimum Gasteiger partial charge on any atom is -0.389 e. The minimum absolute atomic E-state index is 0.0323. The van der Waals surface area contributed by atoms with Crippen molar-refractivity contribution in [2.75, 3.05) is 6.54 Å². The maximum absolute atomic E-state index is 9.85. The summed E-state index contributed by atoms with van der Waals surface area (Å²) in [7, 11) is 0. The molecular weight excluding hydrogens is 202 g/mol. The van der Waals surface area contributed by atoms with Crippen LogP contribution in [-0.2, 0) is 14.2 Å². The lowest BCUT2D eigenvalue weighted by Gasteiger charge is -2.25. The van der Waals surface area contributed by atoms with Crippen LogP contribution >= 0.6 is 0 Å². The van der Waals surface area contributed by atoms with E-state index in [9.17, 15) is 10.2 Å². The van der Waals surface area contributed by atoms with E-state index in [1.807, 2.05) is 0 Å². The monoisotopic (exact) mass is 219 g/mol. The van der Waals surface area contributed by atoms with Gasteiger partial charge in [0.25, 0.3) is 0 Å². The van der Waals surface area contributed by atoms with E-state index >= 15 is 0 Å². The lowest BCUT2D eigenvalue weighted by atomic mass is 10.1. The minimum atomic E-state index is -0.907. The van der Waals surface area contributed by atoms with E-state index in [0.717, 1.165) is 0 Å². The molecule has 2 heterocycles. The van der Waals surface area contributed by atoms with Gasteiger partial charge in [-0.25, -0.2) is 0 Å². The van der Waals surface area contributed by atoms with E-state index in [1.54, 1.807) is 13.8 Å². The molecule has 2 saturated heterocycles. The first-order valence-corrected chi connectivity index (χ1v) is 5.02. The van der Waals surface area contributed by atoms with Crippen molar-refractivity contribution in [3.05, 3.63) is 0 Å². The summed E-state index contributed by atoms with van der Waals surface area (Å²) in [5.41, 5.74) is 5.29. The lowest BCUT2D eigenvalue weighted by Crippen LogP contribution is -2.43. The molecule has 0 bridgehead atoms. The molecule has 0 radical (unpaired) electrons. The molecule has 2 fully saturated rings. The van der Waals surface area contributed by atoms with Crippen molar-refractivity contribution in [2.24, 2.45) is 5.73 Å². The SMILES string of the molecule is CC1(C)O[C@H]2O[C@H]([C@@H](O)CN)[C@H](O)[C@@H]2O1. The van der Waals surface area contributed by atoms with Gasteiger partial charge in [-0.2, -0.15) is 0 Å². The van der Waals surface area contributed by atoms with Gasteiger partial charge >= 0.3 is 0 Å². The van der Waals surface area contributed by atoms with Crippen LogP contribution in [0, 0.1) is 0 Å². The maximum atomic E-state index is 9.85. The normalized spacial score (nSPS) is 45.4. The zero-order chi connectivity index (χ0) is 11.2. The summed E-state index contributed by atoms with van der Waals surface area (Å²) in [6.07, 6.45) is -3.72. The van der Waals surface area contributed by atoms with Crippen LogP contribution in [0.3, 0.4) is 0 Å². The van der Waals surface area contributed by atoms with Crippen LogP contribution in [0.5, 0.6) is 0 Å². The number of aliphatic hydroxyl groups is 2. The standard InChI is InChI=1S/C9H17NO5/c1-9(2)14-7-5(12)6(4(11)3-10)13-8(7)15-9/h4-8,11-12H,3,10H2,1-2H3/t4-,5-,6+,7-,8+/m0/s1. The van der Waals surface area contributed by atoms with Crippen LogP contribution in [-0.4, -0.2) is 53.3 Å². The molecular formula is C9H17NO5. The Balaban J connectivity index is 2.05. The predicted octanol–water partition coefficient (Wildman–Crippen LogP) is -1.46. The second kappa shape index (κ2) is 3.65. The summed E-state index contributed by atoms with van der Waals surface area (Å²) in [5.74, 6) is -0.755. The Labute approximate surface area is 87.9 Å². The lowest BCUT2D eigenvalue weighted by molar-refractivity contribution is -0.225. The third-order valence-electron chi connectivity index (χ3n) is 2.67. The van der Waals surface area contributed by atoms with Crippen molar-refractivity contribution in [1.82, 2.24) is 0 Å². The first-order chi connectivity index (χ1) is 6.94. The Morgan fingerprint density at radius 1 is 1.40 bits per heavy atom. The number of ether oxygens (including phenoxy) is 3. The molecule has 0 amide bonds. The fourth-order valence-corrected chi connectivity index (χ4v) is 1.97. The molecule has 0 aromatic carbocycles. The van der Waals surface area contributed by atoms with Crippen molar-refractivity contribution in [3.8, 4) is 0 Å². The van der Waals surface area contributed by atoms with Crippen LogP contribution in [0.4, 0.5) is 0 Å². The molecule has 2 aliphatic rings. The summed E-state index contributed by atoms with van der Waals surface area (Å²) in [5, 5.41) is 19.3. The van der Waals surface area contributed by atoms with Crippen LogP contribution in [0.25, 0.3) is 0 Å².